The number of allylic oxidation sites excluding steroid dienone is 3. The van der Waals surface area contributed by atoms with Crippen LogP contribution in [0.5, 0.6) is 0 Å². The van der Waals surface area contributed by atoms with Crippen LogP contribution in [0.2, 0.25) is 0 Å². The molecule has 0 amide bonds. The average molecular weight is 130 g/mol. The second-order valence-electron chi connectivity index (χ2n) is 1.20. The number of hydrogen-bond acceptors (Lipinski definition) is 1. The molecule has 0 N–H and O–H groups in total. The van der Waals surface area contributed by atoms with Crippen molar-refractivity contribution in [2.24, 2.45) is 4.99 Å². The molecular formula is C6H8ClN. The minimum atomic E-state index is 0.600. The van der Waals surface area contributed by atoms with Crippen LogP contribution in [0, 0.1) is 0 Å². The van der Waals surface area contributed by atoms with Gasteiger partial charge in [-0.05, 0) is 19.7 Å². The van der Waals surface area contributed by atoms with Crippen molar-refractivity contribution in [3.63, 3.8) is 0 Å². The largest absolute Gasteiger partial charge is 0.271 e. The van der Waals surface area contributed by atoms with E-state index in [-0.39, 0.29) is 0 Å². The smallest absolute Gasteiger partial charge is 0.0585 e. The van der Waals surface area contributed by atoms with Crippen LogP contribution in [0.15, 0.2) is 28.4 Å². The van der Waals surface area contributed by atoms with E-state index >= 15 is 0 Å². The molecule has 0 aliphatic carbocycles. The molecule has 0 atom stereocenters. The molecule has 0 spiro atoms. The Labute approximate surface area is 54.4 Å². The molecular weight excluding hydrogens is 122 g/mol. The van der Waals surface area contributed by atoms with Crippen molar-refractivity contribution in [3.05, 3.63) is 23.4 Å². The van der Waals surface area contributed by atoms with Gasteiger partial charge in [-0.1, -0.05) is 17.7 Å². The van der Waals surface area contributed by atoms with E-state index in [0.29, 0.717) is 5.03 Å². The monoisotopic (exact) mass is 129 g/mol. The molecule has 0 saturated carbocycles. The Balaban J connectivity index is 3.79. The minimum absolute atomic E-state index is 0.600. The van der Waals surface area contributed by atoms with E-state index in [1.165, 1.54) is 6.20 Å². The summed E-state index contributed by atoms with van der Waals surface area (Å²) in [4.78, 5) is 3.46. The van der Waals surface area contributed by atoms with E-state index in [4.69, 9.17) is 11.6 Å². The molecule has 8 heavy (non-hydrogen) atoms. The lowest BCUT2D eigenvalue weighted by Gasteiger charge is -1.79. The van der Waals surface area contributed by atoms with Crippen LogP contribution in [0.3, 0.4) is 0 Å². The number of aliphatic imine (C=N–C) groups is 1. The minimum Gasteiger partial charge on any atom is -0.271 e. The van der Waals surface area contributed by atoms with Crippen molar-refractivity contribution in [3.8, 4) is 0 Å². The van der Waals surface area contributed by atoms with Crippen LogP contribution >= 0.6 is 11.6 Å². The Morgan fingerprint density at radius 2 is 2.38 bits per heavy atom. The summed E-state index contributed by atoms with van der Waals surface area (Å²) in [5, 5.41) is 0.600. The molecule has 0 bridgehead atoms. The Bertz CT molecular complexity index is 124. The summed E-state index contributed by atoms with van der Waals surface area (Å²) in [6, 6.07) is 0. The molecule has 0 fully saturated rings. The average Bonchev–Trinajstić information content (AvgIpc) is 1.68. The Kier molecular flexibility index (Phi) is 4.27. The van der Waals surface area contributed by atoms with Crippen molar-refractivity contribution in [2.45, 2.75) is 6.92 Å². The van der Waals surface area contributed by atoms with Gasteiger partial charge in [0.25, 0.3) is 0 Å². The molecule has 0 aliphatic heterocycles. The molecule has 0 radical (unpaired) electrons. The summed E-state index contributed by atoms with van der Waals surface area (Å²) in [6.45, 7) is 5.13. The molecule has 0 saturated heterocycles. The molecule has 0 aromatic heterocycles. The van der Waals surface area contributed by atoms with Crippen LogP contribution in [0.1, 0.15) is 6.92 Å². The van der Waals surface area contributed by atoms with Gasteiger partial charge < -0.3 is 0 Å². The topological polar surface area (TPSA) is 12.4 Å². The predicted octanol–water partition coefficient (Wildman–Crippen LogP) is 2.34. The van der Waals surface area contributed by atoms with Crippen molar-refractivity contribution in [2.75, 3.05) is 0 Å². The quantitative estimate of drug-likeness (QED) is 0.401. The number of halogens is 1. The lowest BCUT2D eigenvalue weighted by Crippen LogP contribution is -1.57. The Morgan fingerprint density at radius 1 is 1.75 bits per heavy atom. The molecule has 1 nitrogen and oxygen atoms in total. The maximum Gasteiger partial charge on any atom is 0.0585 e. The summed E-state index contributed by atoms with van der Waals surface area (Å²) in [5.74, 6) is 0. The van der Waals surface area contributed by atoms with Gasteiger partial charge in [0.2, 0.25) is 0 Å². The van der Waals surface area contributed by atoms with E-state index in [1.54, 1.807) is 6.08 Å². The van der Waals surface area contributed by atoms with Gasteiger partial charge in [-0.3, -0.25) is 4.99 Å². The molecule has 2 heteroatoms. The first-order valence-electron chi connectivity index (χ1n) is 2.25. The second kappa shape index (κ2) is 4.60. The van der Waals surface area contributed by atoms with E-state index < -0.39 is 0 Å². The molecule has 0 aromatic rings. The molecule has 0 aromatic carbocycles. The fourth-order valence-corrected chi connectivity index (χ4v) is 0.484. The maximum absolute atomic E-state index is 5.52. The van der Waals surface area contributed by atoms with Gasteiger partial charge >= 0.3 is 0 Å². The highest BCUT2D eigenvalue weighted by molar-refractivity contribution is 6.31. The normalized spacial score (nSPS) is 12.5. The third kappa shape index (κ3) is 3.62. The number of nitrogens with zero attached hydrogens (tertiary/aromatic N) is 1. The fraction of sp³-hybridized carbons (Fsp3) is 0.167. The van der Waals surface area contributed by atoms with Crippen molar-refractivity contribution >= 4 is 18.3 Å². The first-order chi connectivity index (χ1) is 3.81. The van der Waals surface area contributed by atoms with E-state index in [1.807, 2.05) is 13.0 Å². The van der Waals surface area contributed by atoms with Gasteiger partial charge in [0.1, 0.15) is 0 Å². The van der Waals surface area contributed by atoms with Gasteiger partial charge in [-0.15, -0.1) is 0 Å². The fourth-order valence-electron chi connectivity index (χ4n) is 0.289. The summed E-state index contributed by atoms with van der Waals surface area (Å²) >= 11 is 5.52. The zero-order chi connectivity index (χ0) is 6.41. The predicted molar refractivity (Wildman–Crippen MR) is 38.3 cm³/mol. The third-order valence-electron chi connectivity index (χ3n) is 0.541. The standard InChI is InChI=1S/C6H8ClN/c1-3-4-6(7)5-8-2/h3-5H,2H2,1H3. The number of hydrogen-bond donors (Lipinski definition) is 0. The van der Waals surface area contributed by atoms with Crippen LogP contribution < -0.4 is 0 Å². The van der Waals surface area contributed by atoms with Gasteiger partial charge in [0, 0.05) is 6.20 Å². The lowest BCUT2D eigenvalue weighted by atomic mass is 10.5. The van der Waals surface area contributed by atoms with Gasteiger partial charge in [0.05, 0.1) is 5.03 Å². The van der Waals surface area contributed by atoms with Gasteiger partial charge in [0.15, 0.2) is 0 Å². The molecule has 0 rings (SSSR count). The molecule has 0 unspecified atom stereocenters. The second-order valence-corrected chi connectivity index (χ2v) is 1.63. The van der Waals surface area contributed by atoms with Crippen LogP contribution in [-0.2, 0) is 0 Å². The van der Waals surface area contributed by atoms with Crippen molar-refractivity contribution < 1.29 is 0 Å². The zero-order valence-electron chi connectivity index (χ0n) is 4.76. The van der Waals surface area contributed by atoms with Crippen molar-refractivity contribution in [1.82, 2.24) is 0 Å². The molecule has 0 heterocycles. The molecule has 0 aliphatic rings. The van der Waals surface area contributed by atoms with Crippen LogP contribution in [0.25, 0.3) is 0 Å². The van der Waals surface area contributed by atoms with E-state index in [0.717, 1.165) is 0 Å². The Hall–Kier alpha value is -0.560. The highest BCUT2D eigenvalue weighted by Crippen LogP contribution is 2.01. The maximum atomic E-state index is 5.52. The van der Waals surface area contributed by atoms with Crippen LogP contribution in [-0.4, -0.2) is 6.72 Å². The molecule has 44 valence electrons. The van der Waals surface area contributed by atoms with Gasteiger partial charge in [-0.2, -0.15) is 0 Å². The van der Waals surface area contributed by atoms with Crippen LogP contribution in [0.4, 0.5) is 0 Å². The van der Waals surface area contributed by atoms with Gasteiger partial charge in [-0.25, -0.2) is 0 Å². The summed E-state index contributed by atoms with van der Waals surface area (Å²) in [5.41, 5.74) is 0. The van der Waals surface area contributed by atoms with E-state index in [9.17, 15) is 0 Å². The lowest BCUT2D eigenvalue weighted by molar-refractivity contribution is 1.58. The first kappa shape index (κ1) is 7.44. The summed E-state index contributed by atoms with van der Waals surface area (Å²) in [7, 11) is 0. The third-order valence-corrected chi connectivity index (χ3v) is 0.764. The highest BCUT2D eigenvalue weighted by atomic mass is 35.5. The summed E-state index contributed by atoms with van der Waals surface area (Å²) < 4.78 is 0. The highest BCUT2D eigenvalue weighted by Gasteiger charge is 1.76. The number of rotatable bonds is 2. The van der Waals surface area contributed by atoms with E-state index in [2.05, 4.69) is 11.7 Å². The summed E-state index contributed by atoms with van der Waals surface area (Å²) in [6.07, 6.45) is 5.07. The van der Waals surface area contributed by atoms with Crippen molar-refractivity contribution in [1.29, 1.82) is 0 Å². The zero-order valence-corrected chi connectivity index (χ0v) is 5.52. The Morgan fingerprint density at radius 3 is 2.75 bits per heavy atom. The SMILES string of the molecule is C=NC=C(Cl)C=CC. The first-order valence-corrected chi connectivity index (χ1v) is 2.63.